The Balaban J connectivity index is 2.74. The van der Waals surface area contributed by atoms with Gasteiger partial charge < -0.3 is 10.6 Å². The Hall–Kier alpha value is -1.06. The second-order valence-corrected chi connectivity index (χ2v) is 5.39. The summed E-state index contributed by atoms with van der Waals surface area (Å²) in [5.74, 6) is 0.138. The van der Waals surface area contributed by atoms with Crippen molar-refractivity contribution in [2.75, 3.05) is 13.6 Å². The van der Waals surface area contributed by atoms with E-state index in [4.69, 9.17) is 17.3 Å². The van der Waals surface area contributed by atoms with Crippen LogP contribution in [-0.4, -0.2) is 24.4 Å². The molecule has 106 valence electrons. The fourth-order valence-corrected chi connectivity index (χ4v) is 2.40. The van der Waals surface area contributed by atoms with Gasteiger partial charge in [0.25, 0.3) is 0 Å². The van der Waals surface area contributed by atoms with E-state index in [2.05, 4.69) is 0 Å². The third-order valence-corrected chi connectivity index (χ3v) is 3.89. The summed E-state index contributed by atoms with van der Waals surface area (Å²) in [7, 11) is 1.83. The Labute approximate surface area is 120 Å². The van der Waals surface area contributed by atoms with Gasteiger partial charge in [0, 0.05) is 18.0 Å². The van der Waals surface area contributed by atoms with Crippen LogP contribution >= 0.6 is 11.6 Å². The second kappa shape index (κ2) is 7.51. The molecule has 1 aromatic carbocycles. The Kier molecular flexibility index (Phi) is 6.32. The molecule has 1 aromatic rings. The van der Waals surface area contributed by atoms with E-state index in [0.29, 0.717) is 11.6 Å². The average molecular weight is 283 g/mol. The van der Waals surface area contributed by atoms with Crippen LogP contribution in [0.2, 0.25) is 5.02 Å². The highest BCUT2D eigenvalue weighted by atomic mass is 35.5. The van der Waals surface area contributed by atoms with Crippen molar-refractivity contribution in [1.82, 2.24) is 4.90 Å². The van der Waals surface area contributed by atoms with Gasteiger partial charge in [-0.05, 0) is 37.9 Å². The van der Waals surface area contributed by atoms with E-state index in [1.165, 1.54) is 0 Å². The predicted molar refractivity (Wildman–Crippen MR) is 80.1 cm³/mol. The van der Waals surface area contributed by atoms with Crippen molar-refractivity contribution in [3.8, 4) is 0 Å². The molecule has 0 saturated carbocycles. The van der Waals surface area contributed by atoms with Crippen LogP contribution in [0.5, 0.6) is 0 Å². The zero-order valence-electron chi connectivity index (χ0n) is 11.9. The fourth-order valence-electron chi connectivity index (χ4n) is 2.11. The molecule has 0 aliphatic rings. The lowest BCUT2D eigenvalue weighted by Gasteiger charge is -2.28. The van der Waals surface area contributed by atoms with E-state index in [-0.39, 0.29) is 17.9 Å². The molecule has 0 bridgehead atoms. The van der Waals surface area contributed by atoms with E-state index in [0.717, 1.165) is 18.4 Å². The van der Waals surface area contributed by atoms with Gasteiger partial charge in [0.05, 0.1) is 6.04 Å². The third-order valence-electron chi connectivity index (χ3n) is 3.55. The molecule has 0 aliphatic heterocycles. The zero-order chi connectivity index (χ0) is 14.4. The van der Waals surface area contributed by atoms with Crippen LogP contribution in [0.15, 0.2) is 24.3 Å². The van der Waals surface area contributed by atoms with Gasteiger partial charge in [-0.15, -0.1) is 0 Å². The largest absolute Gasteiger partial charge is 0.339 e. The first kappa shape index (κ1) is 16.0. The minimum atomic E-state index is -0.0264. The molecule has 0 spiro atoms. The normalized spacial score (nSPS) is 13.9. The summed E-state index contributed by atoms with van der Waals surface area (Å²) in [6.45, 7) is 4.57. The lowest BCUT2D eigenvalue weighted by Crippen LogP contribution is -2.34. The number of carbonyl (C=O) groups excluding carboxylic acids is 1. The van der Waals surface area contributed by atoms with Gasteiger partial charge in [-0.1, -0.05) is 36.7 Å². The Morgan fingerprint density at radius 3 is 2.58 bits per heavy atom. The molecule has 1 rings (SSSR count). The Morgan fingerprint density at radius 2 is 2.00 bits per heavy atom. The maximum atomic E-state index is 12.3. The highest BCUT2D eigenvalue weighted by molar-refractivity contribution is 6.31. The van der Waals surface area contributed by atoms with Crippen molar-refractivity contribution in [3.63, 3.8) is 0 Å². The third kappa shape index (κ3) is 4.22. The molecule has 0 saturated heterocycles. The van der Waals surface area contributed by atoms with Crippen molar-refractivity contribution in [3.05, 3.63) is 34.9 Å². The minimum Gasteiger partial charge on any atom is -0.339 e. The van der Waals surface area contributed by atoms with E-state index < -0.39 is 0 Å². The van der Waals surface area contributed by atoms with Crippen molar-refractivity contribution in [1.29, 1.82) is 0 Å². The van der Waals surface area contributed by atoms with Crippen LogP contribution in [0.3, 0.4) is 0 Å². The molecule has 0 aliphatic carbocycles. The number of halogens is 1. The summed E-state index contributed by atoms with van der Waals surface area (Å²) >= 11 is 6.18. The van der Waals surface area contributed by atoms with Crippen LogP contribution in [0.25, 0.3) is 0 Å². The van der Waals surface area contributed by atoms with E-state index >= 15 is 0 Å². The Bertz CT molecular complexity index is 422. The predicted octanol–water partition coefficient (Wildman–Crippen LogP) is 3.23. The van der Waals surface area contributed by atoms with Gasteiger partial charge in [-0.2, -0.15) is 0 Å². The number of carbonyl (C=O) groups is 1. The SMILES string of the molecule is CC(CCCN)C(=O)N(C)C(C)c1ccccc1Cl. The molecular weight excluding hydrogens is 260 g/mol. The van der Waals surface area contributed by atoms with Crippen LogP contribution < -0.4 is 5.73 Å². The van der Waals surface area contributed by atoms with Gasteiger partial charge in [0.15, 0.2) is 0 Å². The van der Waals surface area contributed by atoms with Crippen LogP contribution in [0.1, 0.15) is 38.3 Å². The molecule has 0 fully saturated rings. The lowest BCUT2D eigenvalue weighted by atomic mass is 10.0. The summed E-state index contributed by atoms with van der Waals surface area (Å²) < 4.78 is 0. The van der Waals surface area contributed by atoms with Gasteiger partial charge in [0.2, 0.25) is 5.91 Å². The van der Waals surface area contributed by atoms with E-state index in [9.17, 15) is 4.79 Å². The van der Waals surface area contributed by atoms with Gasteiger partial charge in [-0.25, -0.2) is 0 Å². The standard InChI is InChI=1S/C15H23ClN2O/c1-11(7-6-10-17)15(19)18(3)12(2)13-8-4-5-9-14(13)16/h4-5,8-9,11-12H,6-7,10,17H2,1-3H3. The van der Waals surface area contributed by atoms with Gasteiger partial charge in [0.1, 0.15) is 0 Å². The lowest BCUT2D eigenvalue weighted by molar-refractivity contribution is -0.135. The molecule has 2 unspecified atom stereocenters. The minimum absolute atomic E-state index is 0.00140. The highest BCUT2D eigenvalue weighted by Crippen LogP contribution is 2.27. The van der Waals surface area contributed by atoms with Crippen LogP contribution in [0, 0.1) is 5.92 Å². The quantitative estimate of drug-likeness (QED) is 0.871. The fraction of sp³-hybridized carbons (Fsp3) is 0.533. The number of rotatable bonds is 6. The van der Waals surface area contributed by atoms with Crippen LogP contribution in [-0.2, 0) is 4.79 Å². The number of amides is 1. The van der Waals surface area contributed by atoms with Crippen molar-refractivity contribution < 1.29 is 4.79 Å². The molecule has 0 radical (unpaired) electrons. The number of nitrogens with two attached hydrogens (primary N) is 1. The molecule has 2 N–H and O–H groups in total. The maximum Gasteiger partial charge on any atom is 0.225 e. The van der Waals surface area contributed by atoms with Gasteiger partial charge in [-0.3, -0.25) is 4.79 Å². The first-order valence-corrected chi connectivity index (χ1v) is 7.08. The molecule has 4 heteroatoms. The molecule has 2 atom stereocenters. The molecule has 0 aromatic heterocycles. The topological polar surface area (TPSA) is 46.3 Å². The van der Waals surface area contributed by atoms with E-state index in [1.54, 1.807) is 4.90 Å². The van der Waals surface area contributed by atoms with Crippen molar-refractivity contribution >= 4 is 17.5 Å². The molecule has 1 amide bonds. The van der Waals surface area contributed by atoms with Crippen molar-refractivity contribution in [2.45, 2.75) is 32.7 Å². The number of nitrogens with zero attached hydrogens (tertiary/aromatic N) is 1. The smallest absolute Gasteiger partial charge is 0.225 e. The average Bonchev–Trinajstić information content (AvgIpc) is 2.42. The first-order chi connectivity index (χ1) is 8.99. The molecule has 0 heterocycles. The Morgan fingerprint density at radius 1 is 1.37 bits per heavy atom. The molecule has 3 nitrogen and oxygen atoms in total. The summed E-state index contributed by atoms with van der Waals surface area (Å²) in [5.41, 5.74) is 6.46. The number of hydrogen-bond acceptors (Lipinski definition) is 2. The second-order valence-electron chi connectivity index (χ2n) is 4.98. The molecular formula is C15H23ClN2O. The molecule has 19 heavy (non-hydrogen) atoms. The van der Waals surface area contributed by atoms with E-state index in [1.807, 2.05) is 45.2 Å². The monoisotopic (exact) mass is 282 g/mol. The summed E-state index contributed by atoms with van der Waals surface area (Å²) in [5, 5.41) is 0.698. The van der Waals surface area contributed by atoms with Gasteiger partial charge >= 0.3 is 0 Å². The summed E-state index contributed by atoms with van der Waals surface area (Å²) in [6.07, 6.45) is 1.70. The zero-order valence-corrected chi connectivity index (χ0v) is 12.7. The number of benzene rings is 1. The summed E-state index contributed by atoms with van der Waals surface area (Å²) in [4.78, 5) is 14.1. The van der Waals surface area contributed by atoms with Crippen molar-refractivity contribution in [2.24, 2.45) is 11.7 Å². The highest BCUT2D eigenvalue weighted by Gasteiger charge is 2.23. The maximum absolute atomic E-state index is 12.3. The summed E-state index contributed by atoms with van der Waals surface area (Å²) in [6, 6.07) is 7.62. The number of hydrogen-bond donors (Lipinski definition) is 1. The first-order valence-electron chi connectivity index (χ1n) is 6.70. The van der Waals surface area contributed by atoms with Crippen LogP contribution in [0.4, 0.5) is 0 Å².